The van der Waals surface area contributed by atoms with Gasteiger partial charge in [0.15, 0.2) is 0 Å². The third-order valence-corrected chi connectivity index (χ3v) is 2.22. The Morgan fingerprint density at radius 1 is 1.57 bits per heavy atom. The van der Waals surface area contributed by atoms with Crippen LogP contribution in [0.5, 0.6) is 0 Å². The topological polar surface area (TPSA) is 56.0 Å². The zero-order valence-corrected chi connectivity index (χ0v) is 7.96. The Labute approximate surface area is 84.0 Å². The molecule has 14 heavy (non-hydrogen) atoms. The normalized spacial score (nSPS) is 10.6. The van der Waals surface area contributed by atoms with Crippen LogP contribution in [0.25, 0.3) is 0 Å². The van der Waals surface area contributed by atoms with E-state index in [-0.39, 0.29) is 0 Å². The van der Waals surface area contributed by atoms with Crippen LogP contribution in [-0.2, 0) is 0 Å². The van der Waals surface area contributed by atoms with Gasteiger partial charge in [0.2, 0.25) is 0 Å². The minimum atomic E-state index is -2.95. The van der Waals surface area contributed by atoms with Crippen LogP contribution in [0, 0.1) is 16.1 Å². The molecule has 0 saturated heterocycles. The van der Waals surface area contributed by atoms with Crippen LogP contribution in [-0.4, -0.2) is 9.91 Å². The Kier molecular flexibility index (Phi) is 3.04. The smallest absolute Gasteiger partial charge is 0.258 e. The lowest BCUT2D eigenvalue weighted by atomic mass is 10.3. The van der Waals surface area contributed by atoms with Gasteiger partial charge in [-0.1, -0.05) is 0 Å². The second kappa shape index (κ2) is 3.91. The summed E-state index contributed by atoms with van der Waals surface area (Å²) in [5, 5.41) is 10.3. The molecular weight excluding hydrogens is 269 g/mol. The Hall–Kier alpha value is -1.18. The third-order valence-electron chi connectivity index (χ3n) is 1.39. The summed E-state index contributed by atoms with van der Waals surface area (Å²) in [6.45, 7) is 0. The highest BCUT2D eigenvalue weighted by atomic mass is 79.9. The van der Waals surface area contributed by atoms with Crippen LogP contribution in [0.1, 0.15) is 12.0 Å². The van der Waals surface area contributed by atoms with E-state index in [2.05, 4.69) is 20.9 Å². The van der Waals surface area contributed by atoms with Gasteiger partial charge in [-0.25, -0.2) is 13.8 Å². The number of aromatic nitrogens is 1. The van der Waals surface area contributed by atoms with E-state index in [0.29, 0.717) is 6.20 Å². The molecule has 0 spiro atoms. The predicted octanol–water partition coefficient (Wildman–Crippen LogP) is 2.83. The van der Waals surface area contributed by atoms with E-state index in [9.17, 15) is 23.3 Å². The van der Waals surface area contributed by atoms with Gasteiger partial charge in [-0.15, -0.1) is 0 Å². The molecule has 76 valence electrons. The number of nitrogens with zero attached hydrogens (tertiary/aromatic N) is 2. The van der Waals surface area contributed by atoms with Crippen molar-refractivity contribution in [1.82, 2.24) is 4.98 Å². The van der Waals surface area contributed by atoms with Crippen LogP contribution in [0.2, 0.25) is 0 Å². The average Bonchev–Trinajstić information content (AvgIpc) is 2.02. The van der Waals surface area contributed by atoms with Gasteiger partial charge >= 0.3 is 5.69 Å². The second-order valence-electron chi connectivity index (χ2n) is 2.22. The first kappa shape index (κ1) is 10.9. The van der Waals surface area contributed by atoms with Crippen molar-refractivity contribution in [2.45, 2.75) is 6.43 Å². The van der Waals surface area contributed by atoms with Gasteiger partial charge in [-0.3, -0.25) is 10.1 Å². The number of hydrogen-bond donors (Lipinski definition) is 0. The number of rotatable bonds is 2. The zero-order chi connectivity index (χ0) is 10.9. The van der Waals surface area contributed by atoms with Crippen molar-refractivity contribution in [2.75, 3.05) is 0 Å². The van der Waals surface area contributed by atoms with Crippen molar-refractivity contribution >= 4 is 21.6 Å². The molecule has 1 rings (SSSR count). The van der Waals surface area contributed by atoms with Crippen LogP contribution in [0.3, 0.4) is 0 Å². The maximum Gasteiger partial charge on any atom is 0.338 e. The number of alkyl halides is 2. The van der Waals surface area contributed by atoms with Crippen LogP contribution >= 0.6 is 15.9 Å². The molecule has 0 atom stereocenters. The molecule has 0 aliphatic rings. The van der Waals surface area contributed by atoms with E-state index in [4.69, 9.17) is 0 Å². The van der Waals surface area contributed by atoms with E-state index in [1.54, 1.807) is 0 Å². The van der Waals surface area contributed by atoms with Crippen LogP contribution in [0.15, 0.2) is 10.7 Å². The van der Waals surface area contributed by atoms with Crippen LogP contribution in [0.4, 0.5) is 18.9 Å². The summed E-state index contributed by atoms with van der Waals surface area (Å²) in [4.78, 5) is 12.0. The Bertz CT molecular complexity index is 386. The molecule has 0 bridgehead atoms. The molecule has 0 aliphatic carbocycles. The molecule has 0 saturated carbocycles. The molecule has 0 N–H and O–H groups in total. The highest BCUT2D eigenvalue weighted by Crippen LogP contribution is 2.34. The molecule has 0 radical (unpaired) electrons. The third kappa shape index (κ3) is 1.84. The lowest BCUT2D eigenvalue weighted by Gasteiger charge is -2.02. The summed E-state index contributed by atoms with van der Waals surface area (Å²) in [6.07, 6.45) is -2.40. The van der Waals surface area contributed by atoms with Gasteiger partial charge in [-0.2, -0.15) is 4.39 Å². The predicted molar refractivity (Wildman–Crippen MR) is 43.5 cm³/mol. The maximum absolute atomic E-state index is 12.7. The van der Waals surface area contributed by atoms with E-state index in [1.807, 2.05) is 0 Å². The van der Waals surface area contributed by atoms with Crippen molar-refractivity contribution in [2.24, 2.45) is 0 Å². The number of hydrogen-bond acceptors (Lipinski definition) is 3. The minimum Gasteiger partial charge on any atom is -0.258 e. The molecule has 0 aliphatic heterocycles. The molecular formula is C6H2BrF3N2O2. The minimum absolute atomic E-state index is 0.553. The van der Waals surface area contributed by atoms with Crippen LogP contribution < -0.4 is 0 Å². The number of pyridine rings is 1. The van der Waals surface area contributed by atoms with Crippen molar-refractivity contribution in [1.29, 1.82) is 0 Å². The quantitative estimate of drug-likeness (QED) is 0.472. The first-order valence-corrected chi connectivity index (χ1v) is 4.01. The van der Waals surface area contributed by atoms with Gasteiger partial charge in [0.25, 0.3) is 12.4 Å². The first-order chi connectivity index (χ1) is 6.45. The molecule has 1 aromatic rings. The Morgan fingerprint density at radius 2 is 2.14 bits per heavy atom. The molecule has 0 unspecified atom stereocenters. The van der Waals surface area contributed by atoms with Gasteiger partial charge < -0.3 is 0 Å². The summed E-state index contributed by atoms with van der Waals surface area (Å²) >= 11 is 2.53. The van der Waals surface area contributed by atoms with E-state index in [1.165, 1.54) is 0 Å². The lowest BCUT2D eigenvalue weighted by molar-refractivity contribution is -0.389. The zero-order valence-electron chi connectivity index (χ0n) is 6.38. The van der Waals surface area contributed by atoms with Gasteiger partial charge in [0.05, 0.1) is 10.5 Å². The summed E-state index contributed by atoms with van der Waals surface area (Å²) < 4.78 is 36.5. The van der Waals surface area contributed by atoms with Crippen molar-refractivity contribution in [3.8, 4) is 0 Å². The SMILES string of the molecule is O=[N+]([O-])c1c(F)ncc(C(F)F)c1Br. The van der Waals surface area contributed by atoms with E-state index in [0.717, 1.165) is 0 Å². The fraction of sp³-hybridized carbons (Fsp3) is 0.167. The average molecular weight is 271 g/mol. The summed E-state index contributed by atoms with van der Waals surface area (Å²) in [5.74, 6) is -1.40. The molecule has 0 aromatic carbocycles. The Balaban J connectivity index is 3.41. The molecule has 8 heteroatoms. The number of halogens is 4. The monoisotopic (exact) mass is 270 g/mol. The van der Waals surface area contributed by atoms with E-state index >= 15 is 0 Å². The highest BCUT2D eigenvalue weighted by Gasteiger charge is 2.26. The fourth-order valence-corrected chi connectivity index (χ4v) is 1.36. The molecule has 1 heterocycles. The molecule has 1 aromatic heterocycles. The van der Waals surface area contributed by atoms with Gasteiger partial charge in [0.1, 0.15) is 4.47 Å². The Morgan fingerprint density at radius 3 is 2.57 bits per heavy atom. The van der Waals surface area contributed by atoms with Crippen molar-refractivity contribution in [3.63, 3.8) is 0 Å². The summed E-state index contributed by atoms with van der Waals surface area (Å²) in [6, 6.07) is 0. The van der Waals surface area contributed by atoms with Gasteiger partial charge in [-0.05, 0) is 15.9 Å². The van der Waals surface area contributed by atoms with Gasteiger partial charge in [0, 0.05) is 6.20 Å². The first-order valence-electron chi connectivity index (χ1n) is 3.21. The summed E-state index contributed by atoms with van der Waals surface area (Å²) in [7, 11) is 0. The summed E-state index contributed by atoms with van der Waals surface area (Å²) in [5.41, 5.74) is -1.79. The largest absolute Gasteiger partial charge is 0.338 e. The number of nitro groups is 1. The molecule has 4 nitrogen and oxygen atoms in total. The molecule has 0 amide bonds. The van der Waals surface area contributed by atoms with Crippen molar-refractivity contribution < 1.29 is 18.1 Å². The highest BCUT2D eigenvalue weighted by molar-refractivity contribution is 9.10. The maximum atomic E-state index is 12.7. The fourth-order valence-electron chi connectivity index (χ4n) is 0.779. The van der Waals surface area contributed by atoms with Crippen molar-refractivity contribution in [3.05, 3.63) is 32.3 Å². The molecule has 0 fully saturated rings. The second-order valence-corrected chi connectivity index (χ2v) is 3.02. The lowest BCUT2D eigenvalue weighted by Crippen LogP contribution is -2.00. The standard InChI is InChI=1S/C6H2BrF3N2O2/c7-3-2(5(8)9)1-11-6(10)4(3)12(13)14/h1,5H. The van der Waals surface area contributed by atoms with E-state index < -0.39 is 33.0 Å².